The number of halogens is 1. The molecule has 0 unspecified atom stereocenters. The number of aromatic nitrogens is 1. The van der Waals surface area contributed by atoms with Crippen molar-refractivity contribution in [1.82, 2.24) is 4.98 Å². The Kier molecular flexibility index (Phi) is 5.38. The first-order valence-electron chi connectivity index (χ1n) is 6.29. The first-order chi connectivity index (χ1) is 10.4. The van der Waals surface area contributed by atoms with Gasteiger partial charge in [0.25, 0.3) is 10.0 Å². The lowest BCUT2D eigenvalue weighted by Gasteiger charge is -2.06. The summed E-state index contributed by atoms with van der Waals surface area (Å²) in [7, 11) is -3.82. The maximum absolute atomic E-state index is 12.2. The van der Waals surface area contributed by atoms with E-state index in [-0.39, 0.29) is 28.1 Å². The van der Waals surface area contributed by atoms with E-state index in [0.717, 1.165) is 11.3 Å². The average Bonchev–Trinajstić information content (AvgIpc) is 2.85. The number of ether oxygens (including phenoxy) is 1. The Balaban J connectivity index is 2.13. The summed E-state index contributed by atoms with van der Waals surface area (Å²) in [6.07, 6.45) is -0.00182. The van der Waals surface area contributed by atoms with Crippen LogP contribution in [0.25, 0.3) is 0 Å². The van der Waals surface area contributed by atoms with Gasteiger partial charge in [0.05, 0.1) is 23.7 Å². The van der Waals surface area contributed by atoms with Crippen LogP contribution in [0.2, 0.25) is 5.02 Å². The van der Waals surface area contributed by atoms with Crippen LogP contribution in [0.4, 0.5) is 5.13 Å². The molecular formula is C13H13ClN2O4S2. The summed E-state index contributed by atoms with van der Waals surface area (Å²) in [6.45, 7) is 2.00. The summed E-state index contributed by atoms with van der Waals surface area (Å²) in [5, 5.41) is 1.89. The van der Waals surface area contributed by atoms with Crippen LogP contribution in [-0.2, 0) is 26.0 Å². The molecule has 0 radical (unpaired) electrons. The topological polar surface area (TPSA) is 85.4 Å². The number of sulfonamides is 1. The molecule has 0 aliphatic rings. The van der Waals surface area contributed by atoms with Gasteiger partial charge >= 0.3 is 5.97 Å². The second-order valence-corrected chi connectivity index (χ2v) is 7.08. The summed E-state index contributed by atoms with van der Waals surface area (Å²) in [4.78, 5) is 15.4. The molecule has 118 valence electrons. The molecule has 22 heavy (non-hydrogen) atoms. The van der Waals surface area contributed by atoms with Gasteiger partial charge in [-0.1, -0.05) is 23.7 Å². The lowest BCUT2D eigenvalue weighted by molar-refractivity contribution is -0.142. The summed E-state index contributed by atoms with van der Waals surface area (Å²) in [6, 6.07) is 6.11. The molecule has 2 aromatic rings. The highest BCUT2D eigenvalue weighted by Crippen LogP contribution is 2.25. The third-order valence-corrected chi connectivity index (χ3v) is 5.30. The van der Waals surface area contributed by atoms with Crippen molar-refractivity contribution < 1.29 is 17.9 Å². The zero-order valence-corrected chi connectivity index (χ0v) is 14.0. The van der Waals surface area contributed by atoms with Crippen LogP contribution in [-0.4, -0.2) is 26.0 Å². The van der Waals surface area contributed by atoms with E-state index in [0.29, 0.717) is 5.69 Å². The van der Waals surface area contributed by atoms with Gasteiger partial charge in [-0.25, -0.2) is 13.4 Å². The first-order valence-corrected chi connectivity index (χ1v) is 9.04. The number of hydrogen-bond donors (Lipinski definition) is 1. The number of esters is 1. The average molecular weight is 361 g/mol. The maximum Gasteiger partial charge on any atom is 0.311 e. The number of thiazole rings is 1. The molecule has 1 N–H and O–H groups in total. The SMILES string of the molecule is CCOC(=O)Cc1csc(NS(=O)(=O)c2ccccc2Cl)n1. The normalized spacial score (nSPS) is 11.2. The molecule has 0 amide bonds. The number of nitrogens with zero attached hydrogens (tertiary/aromatic N) is 1. The van der Waals surface area contributed by atoms with Gasteiger partial charge in [-0.05, 0) is 19.1 Å². The molecule has 0 aliphatic heterocycles. The molecular weight excluding hydrogens is 348 g/mol. The van der Waals surface area contributed by atoms with Gasteiger partial charge in [0.15, 0.2) is 5.13 Å². The molecule has 0 aliphatic carbocycles. The van der Waals surface area contributed by atoms with Crippen molar-refractivity contribution >= 4 is 44.1 Å². The molecule has 0 saturated carbocycles. The Morgan fingerprint density at radius 3 is 2.82 bits per heavy atom. The largest absolute Gasteiger partial charge is 0.466 e. The van der Waals surface area contributed by atoms with Crippen LogP contribution in [0.5, 0.6) is 0 Å². The third kappa shape index (κ3) is 4.19. The third-order valence-electron chi connectivity index (χ3n) is 2.53. The zero-order chi connectivity index (χ0) is 16.2. The van der Waals surface area contributed by atoms with Gasteiger partial charge in [0, 0.05) is 5.38 Å². The van der Waals surface area contributed by atoms with E-state index in [4.69, 9.17) is 16.3 Å². The lowest BCUT2D eigenvalue weighted by Crippen LogP contribution is -2.13. The van der Waals surface area contributed by atoms with Crippen molar-refractivity contribution in [3.8, 4) is 0 Å². The van der Waals surface area contributed by atoms with Crippen LogP contribution < -0.4 is 4.72 Å². The van der Waals surface area contributed by atoms with E-state index in [1.165, 1.54) is 12.1 Å². The number of carbonyl (C=O) groups is 1. The van der Waals surface area contributed by atoms with Gasteiger partial charge in [-0.3, -0.25) is 9.52 Å². The highest BCUT2D eigenvalue weighted by molar-refractivity contribution is 7.93. The Hall–Kier alpha value is -1.64. The summed E-state index contributed by atoms with van der Waals surface area (Å²) in [5.74, 6) is -0.409. The summed E-state index contributed by atoms with van der Waals surface area (Å²) < 4.78 is 31.6. The smallest absolute Gasteiger partial charge is 0.311 e. The van der Waals surface area contributed by atoms with Crippen molar-refractivity contribution in [2.45, 2.75) is 18.2 Å². The standard InChI is InChI=1S/C13H13ClN2O4S2/c1-2-20-12(17)7-9-8-21-13(15-9)16-22(18,19)11-6-4-3-5-10(11)14/h3-6,8H,2,7H2,1H3,(H,15,16). The molecule has 0 saturated heterocycles. The van der Waals surface area contributed by atoms with Crippen molar-refractivity contribution in [1.29, 1.82) is 0 Å². The van der Waals surface area contributed by atoms with Crippen LogP contribution in [0.15, 0.2) is 34.5 Å². The number of nitrogens with one attached hydrogen (secondary N) is 1. The number of hydrogen-bond acceptors (Lipinski definition) is 6. The Labute approximate surface area is 137 Å². The van der Waals surface area contributed by atoms with Crippen molar-refractivity contribution in [3.63, 3.8) is 0 Å². The molecule has 1 heterocycles. The van der Waals surface area contributed by atoms with Gasteiger partial charge in [-0.15, -0.1) is 11.3 Å². The molecule has 0 fully saturated rings. The number of benzene rings is 1. The van der Waals surface area contributed by atoms with E-state index < -0.39 is 16.0 Å². The van der Waals surface area contributed by atoms with Crippen LogP contribution in [0.3, 0.4) is 0 Å². The number of rotatable bonds is 6. The fraction of sp³-hybridized carbons (Fsp3) is 0.231. The lowest BCUT2D eigenvalue weighted by atomic mass is 10.3. The van der Waals surface area contributed by atoms with Gasteiger partial charge in [0.2, 0.25) is 0 Å². The predicted octanol–water partition coefficient (Wildman–Crippen LogP) is 2.70. The van der Waals surface area contributed by atoms with Crippen molar-refractivity contribution in [2.24, 2.45) is 0 Å². The predicted molar refractivity (Wildman–Crippen MR) is 84.7 cm³/mol. The summed E-state index contributed by atoms with van der Waals surface area (Å²) in [5.41, 5.74) is 0.445. The Bertz CT molecular complexity index is 774. The Morgan fingerprint density at radius 2 is 2.14 bits per heavy atom. The first kappa shape index (κ1) is 16.7. The van der Waals surface area contributed by atoms with Gasteiger partial charge in [-0.2, -0.15) is 0 Å². The molecule has 6 nitrogen and oxygen atoms in total. The van der Waals surface area contributed by atoms with Crippen LogP contribution in [0.1, 0.15) is 12.6 Å². The highest BCUT2D eigenvalue weighted by atomic mass is 35.5. The molecule has 1 aromatic heterocycles. The quantitative estimate of drug-likeness (QED) is 0.800. The second-order valence-electron chi connectivity index (χ2n) is 4.16. The van der Waals surface area contributed by atoms with Gasteiger partial charge in [0.1, 0.15) is 4.90 Å². The minimum absolute atomic E-state index is 0.00182. The summed E-state index contributed by atoms with van der Waals surface area (Å²) >= 11 is 6.97. The molecule has 0 spiro atoms. The highest BCUT2D eigenvalue weighted by Gasteiger charge is 2.19. The number of anilines is 1. The number of carbonyl (C=O) groups excluding carboxylic acids is 1. The van der Waals surface area contributed by atoms with E-state index in [9.17, 15) is 13.2 Å². The molecule has 9 heteroatoms. The van der Waals surface area contributed by atoms with E-state index in [1.54, 1.807) is 24.4 Å². The van der Waals surface area contributed by atoms with E-state index in [2.05, 4.69) is 9.71 Å². The maximum atomic E-state index is 12.2. The Morgan fingerprint density at radius 1 is 1.41 bits per heavy atom. The van der Waals surface area contributed by atoms with Crippen LogP contribution in [0, 0.1) is 0 Å². The molecule has 0 bridgehead atoms. The second kappa shape index (κ2) is 7.08. The monoisotopic (exact) mass is 360 g/mol. The zero-order valence-electron chi connectivity index (χ0n) is 11.6. The molecule has 0 atom stereocenters. The van der Waals surface area contributed by atoms with Crippen molar-refractivity contribution in [2.75, 3.05) is 11.3 Å². The molecule has 1 aromatic carbocycles. The van der Waals surface area contributed by atoms with Gasteiger partial charge < -0.3 is 4.74 Å². The molecule has 2 rings (SSSR count). The van der Waals surface area contributed by atoms with Crippen molar-refractivity contribution in [3.05, 3.63) is 40.4 Å². The fourth-order valence-corrected chi connectivity index (χ4v) is 4.11. The fourth-order valence-electron chi connectivity index (χ4n) is 1.63. The van der Waals surface area contributed by atoms with E-state index >= 15 is 0 Å². The van der Waals surface area contributed by atoms with Crippen LogP contribution >= 0.6 is 22.9 Å². The minimum atomic E-state index is -3.82. The minimum Gasteiger partial charge on any atom is -0.466 e. The van der Waals surface area contributed by atoms with E-state index in [1.807, 2.05) is 0 Å².